The largest absolute Gasteiger partial charge is 0.490 e. The van der Waals surface area contributed by atoms with Crippen molar-refractivity contribution in [1.82, 2.24) is 0 Å². The molecule has 0 spiro atoms. The molecule has 0 atom stereocenters. The Morgan fingerprint density at radius 1 is 1.42 bits per heavy atom. The molecule has 0 fully saturated rings. The predicted molar refractivity (Wildman–Crippen MR) is 105 cm³/mol. The maximum Gasteiger partial charge on any atom is 0.236 e. The van der Waals surface area contributed by atoms with E-state index in [0.717, 1.165) is 4.88 Å². The van der Waals surface area contributed by atoms with E-state index in [4.69, 9.17) is 4.74 Å². The number of amides is 2. The Bertz CT molecular complexity index is 828. The minimum atomic E-state index is -0.634. The van der Waals surface area contributed by atoms with E-state index in [1.807, 2.05) is 31.4 Å². The Hall–Kier alpha value is -2.60. The molecule has 0 unspecified atom stereocenters. The van der Waals surface area contributed by atoms with Gasteiger partial charge in [0.05, 0.1) is 17.5 Å². The van der Waals surface area contributed by atoms with Gasteiger partial charge in [0.1, 0.15) is 12.4 Å². The number of thiophene rings is 1. The minimum absolute atomic E-state index is 0.00868. The van der Waals surface area contributed by atoms with Crippen LogP contribution >= 0.6 is 11.3 Å². The lowest BCUT2D eigenvalue weighted by Crippen LogP contribution is -2.42. The molecule has 1 aliphatic heterocycles. The molecule has 0 aliphatic carbocycles. The molecule has 1 aliphatic rings. The third kappa shape index (κ3) is 3.80. The van der Waals surface area contributed by atoms with Gasteiger partial charge in [-0.1, -0.05) is 12.1 Å². The highest BCUT2D eigenvalue weighted by Crippen LogP contribution is 2.38. The number of hydrogen-bond donors (Lipinski definition) is 1. The Morgan fingerprint density at radius 2 is 2.23 bits per heavy atom. The first-order valence-corrected chi connectivity index (χ1v) is 9.30. The number of hydrogen-bond acceptors (Lipinski definition) is 4. The van der Waals surface area contributed by atoms with Crippen molar-refractivity contribution < 1.29 is 14.3 Å². The maximum atomic E-state index is 12.8. The molecular formula is C20H22N2O3S. The van der Waals surface area contributed by atoms with Gasteiger partial charge in [0, 0.05) is 23.2 Å². The highest BCUT2D eigenvalue weighted by atomic mass is 32.1. The van der Waals surface area contributed by atoms with Gasteiger partial charge < -0.3 is 15.0 Å². The average Bonchev–Trinajstić information content (AvgIpc) is 3.07. The molecule has 2 amide bonds. The Labute approximate surface area is 157 Å². The quantitative estimate of drug-likeness (QED) is 0.813. The first kappa shape index (κ1) is 18.2. The standard InChI is InChI=1S/C20H22N2O3S/c1-4-9-22-16-8-7-14(21-18(23)12-15-6-5-10-26-15)11-17(16)25-13-20(2,3)19(22)24/h4-8,10-11H,1,9,12-13H2,2-3H3,(H,21,23). The zero-order valence-corrected chi connectivity index (χ0v) is 15.8. The molecule has 26 heavy (non-hydrogen) atoms. The van der Waals surface area contributed by atoms with E-state index in [1.165, 1.54) is 0 Å². The van der Waals surface area contributed by atoms with Crippen LogP contribution in [0.25, 0.3) is 0 Å². The van der Waals surface area contributed by atoms with Crippen molar-refractivity contribution in [1.29, 1.82) is 0 Å². The average molecular weight is 370 g/mol. The Balaban J connectivity index is 1.83. The molecule has 3 rings (SSSR count). The molecule has 136 valence electrons. The topological polar surface area (TPSA) is 58.6 Å². The summed E-state index contributed by atoms with van der Waals surface area (Å²) in [5.74, 6) is 0.491. The normalized spacial score (nSPS) is 15.6. The highest BCUT2D eigenvalue weighted by molar-refractivity contribution is 7.10. The van der Waals surface area contributed by atoms with Crippen molar-refractivity contribution in [3.63, 3.8) is 0 Å². The fraction of sp³-hybridized carbons (Fsp3) is 0.300. The van der Waals surface area contributed by atoms with Crippen LogP contribution in [0.2, 0.25) is 0 Å². The lowest BCUT2D eigenvalue weighted by molar-refractivity contribution is -0.127. The third-order valence-electron chi connectivity index (χ3n) is 4.17. The first-order valence-electron chi connectivity index (χ1n) is 8.42. The SMILES string of the molecule is C=CCN1C(=O)C(C)(C)COc2cc(NC(=O)Cc3cccs3)ccc21. The van der Waals surface area contributed by atoms with Crippen LogP contribution in [0.4, 0.5) is 11.4 Å². The van der Waals surface area contributed by atoms with Crippen molar-refractivity contribution in [2.75, 3.05) is 23.4 Å². The molecule has 0 saturated heterocycles. The molecule has 1 aromatic carbocycles. The molecule has 0 bridgehead atoms. The van der Waals surface area contributed by atoms with Crippen LogP contribution < -0.4 is 15.0 Å². The van der Waals surface area contributed by atoms with Gasteiger partial charge in [-0.05, 0) is 37.4 Å². The summed E-state index contributed by atoms with van der Waals surface area (Å²) in [6, 6.07) is 9.23. The van der Waals surface area contributed by atoms with Crippen molar-refractivity contribution >= 4 is 34.5 Å². The van der Waals surface area contributed by atoms with Crippen molar-refractivity contribution in [3.8, 4) is 5.75 Å². The fourth-order valence-corrected chi connectivity index (χ4v) is 3.52. The fourth-order valence-electron chi connectivity index (χ4n) is 2.81. The Kier molecular flexibility index (Phi) is 5.13. The molecular weight excluding hydrogens is 348 g/mol. The lowest BCUT2D eigenvalue weighted by atomic mass is 9.93. The number of benzene rings is 1. The number of fused-ring (bicyclic) bond motifs is 1. The molecule has 5 nitrogen and oxygen atoms in total. The van der Waals surface area contributed by atoms with Gasteiger partial charge in [0.2, 0.25) is 11.8 Å². The summed E-state index contributed by atoms with van der Waals surface area (Å²) in [5, 5.41) is 4.84. The zero-order chi connectivity index (χ0) is 18.7. The maximum absolute atomic E-state index is 12.8. The molecule has 0 saturated carbocycles. The van der Waals surface area contributed by atoms with Gasteiger partial charge in [-0.15, -0.1) is 17.9 Å². The summed E-state index contributed by atoms with van der Waals surface area (Å²) in [6.45, 7) is 8.15. The minimum Gasteiger partial charge on any atom is -0.490 e. The van der Waals surface area contributed by atoms with Crippen molar-refractivity contribution in [2.24, 2.45) is 5.41 Å². The number of carbonyl (C=O) groups is 2. The Morgan fingerprint density at radius 3 is 2.92 bits per heavy atom. The summed E-state index contributed by atoms with van der Waals surface area (Å²) in [5.41, 5.74) is 0.706. The summed E-state index contributed by atoms with van der Waals surface area (Å²) in [7, 11) is 0. The van der Waals surface area contributed by atoms with Crippen LogP contribution in [0.15, 0.2) is 48.4 Å². The number of nitrogens with one attached hydrogen (secondary N) is 1. The third-order valence-corrected chi connectivity index (χ3v) is 5.05. The summed E-state index contributed by atoms with van der Waals surface area (Å²) >= 11 is 1.55. The number of ether oxygens (including phenoxy) is 1. The van der Waals surface area contributed by atoms with Gasteiger partial charge in [0.15, 0.2) is 0 Å². The first-order chi connectivity index (χ1) is 12.4. The lowest BCUT2D eigenvalue weighted by Gasteiger charge is -2.27. The number of rotatable bonds is 5. The van der Waals surface area contributed by atoms with E-state index in [2.05, 4.69) is 11.9 Å². The molecule has 6 heteroatoms. The van der Waals surface area contributed by atoms with Gasteiger partial charge in [-0.25, -0.2) is 0 Å². The number of anilines is 2. The van der Waals surface area contributed by atoms with E-state index < -0.39 is 5.41 Å². The summed E-state index contributed by atoms with van der Waals surface area (Å²) in [4.78, 5) is 27.7. The predicted octanol–water partition coefficient (Wildman–Crippen LogP) is 3.87. The molecule has 0 radical (unpaired) electrons. The second-order valence-electron chi connectivity index (χ2n) is 6.86. The highest BCUT2D eigenvalue weighted by Gasteiger charge is 2.37. The molecule has 2 aromatic rings. The van der Waals surface area contributed by atoms with Crippen LogP contribution in [-0.4, -0.2) is 25.0 Å². The molecule has 1 aromatic heterocycles. The van der Waals surface area contributed by atoms with Gasteiger partial charge in [-0.2, -0.15) is 0 Å². The van der Waals surface area contributed by atoms with E-state index in [9.17, 15) is 9.59 Å². The molecule has 2 heterocycles. The number of carbonyl (C=O) groups excluding carboxylic acids is 2. The molecule has 1 N–H and O–H groups in total. The van der Waals surface area contributed by atoms with E-state index in [0.29, 0.717) is 30.1 Å². The van der Waals surface area contributed by atoms with E-state index in [-0.39, 0.29) is 18.4 Å². The van der Waals surface area contributed by atoms with Crippen LogP contribution in [0.1, 0.15) is 18.7 Å². The van der Waals surface area contributed by atoms with Gasteiger partial charge in [0.25, 0.3) is 0 Å². The van der Waals surface area contributed by atoms with E-state index >= 15 is 0 Å². The van der Waals surface area contributed by atoms with Crippen LogP contribution in [0, 0.1) is 5.41 Å². The van der Waals surface area contributed by atoms with Gasteiger partial charge >= 0.3 is 0 Å². The van der Waals surface area contributed by atoms with Crippen molar-refractivity contribution in [3.05, 3.63) is 53.2 Å². The van der Waals surface area contributed by atoms with Crippen LogP contribution in [0.3, 0.4) is 0 Å². The smallest absolute Gasteiger partial charge is 0.236 e. The summed E-state index contributed by atoms with van der Waals surface area (Å²) in [6.07, 6.45) is 2.03. The van der Waals surface area contributed by atoms with E-state index in [1.54, 1.807) is 40.5 Å². The van der Waals surface area contributed by atoms with Gasteiger partial charge in [-0.3, -0.25) is 9.59 Å². The summed E-state index contributed by atoms with van der Waals surface area (Å²) < 4.78 is 5.89. The second kappa shape index (κ2) is 7.33. The van der Waals surface area contributed by atoms with Crippen molar-refractivity contribution in [2.45, 2.75) is 20.3 Å². The number of nitrogens with zero attached hydrogens (tertiary/aromatic N) is 1. The zero-order valence-electron chi connectivity index (χ0n) is 15.0. The second-order valence-corrected chi connectivity index (χ2v) is 7.90. The van der Waals surface area contributed by atoms with Crippen LogP contribution in [-0.2, 0) is 16.0 Å². The van der Waals surface area contributed by atoms with Crippen LogP contribution in [0.5, 0.6) is 5.75 Å². The monoisotopic (exact) mass is 370 g/mol.